The van der Waals surface area contributed by atoms with Gasteiger partial charge in [-0.25, -0.2) is 4.79 Å². The normalized spacial score (nSPS) is 15.5. The van der Waals surface area contributed by atoms with E-state index in [9.17, 15) is 24.0 Å². The molecule has 1 amide bonds. The minimum Gasteiger partial charge on any atom is -0.466 e. The van der Waals surface area contributed by atoms with Crippen molar-refractivity contribution < 1.29 is 33.4 Å². The fourth-order valence-corrected chi connectivity index (χ4v) is 4.24. The number of hydrogen-bond acceptors (Lipinski definition) is 7. The fourth-order valence-electron chi connectivity index (χ4n) is 4.24. The van der Waals surface area contributed by atoms with Crippen LogP contribution in [0.3, 0.4) is 0 Å². The molecule has 2 aromatic rings. The van der Waals surface area contributed by atoms with Gasteiger partial charge in [0, 0.05) is 35.3 Å². The van der Waals surface area contributed by atoms with Gasteiger partial charge in [0.15, 0.2) is 18.2 Å². The van der Waals surface area contributed by atoms with E-state index in [-0.39, 0.29) is 45.8 Å². The van der Waals surface area contributed by atoms with Gasteiger partial charge in [0.05, 0.1) is 18.1 Å². The third-order valence-electron chi connectivity index (χ3n) is 5.97. The van der Waals surface area contributed by atoms with Crippen LogP contribution in [0.25, 0.3) is 0 Å². The van der Waals surface area contributed by atoms with Crippen molar-refractivity contribution in [3.8, 4) is 0 Å². The highest BCUT2D eigenvalue weighted by Gasteiger charge is 2.34. The zero-order valence-electron chi connectivity index (χ0n) is 18.2. The van der Waals surface area contributed by atoms with Gasteiger partial charge in [-0.2, -0.15) is 0 Å². The van der Waals surface area contributed by atoms with E-state index >= 15 is 0 Å². The summed E-state index contributed by atoms with van der Waals surface area (Å²) in [4.78, 5) is 64.5. The Labute approximate surface area is 190 Å². The van der Waals surface area contributed by atoms with Gasteiger partial charge in [-0.05, 0) is 25.8 Å². The molecule has 8 heteroatoms. The molecule has 0 radical (unpaired) electrons. The van der Waals surface area contributed by atoms with Crippen molar-refractivity contribution in [3.05, 3.63) is 70.3 Å². The number of fused-ring (bicyclic) bond motifs is 2. The first-order valence-corrected chi connectivity index (χ1v) is 10.8. The Balaban J connectivity index is 1.42. The molecule has 0 aromatic heterocycles. The van der Waals surface area contributed by atoms with Crippen molar-refractivity contribution in [2.24, 2.45) is 5.92 Å². The van der Waals surface area contributed by atoms with E-state index in [0.29, 0.717) is 38.1 Å². The molecule has 2 aliphatic rings. The molecule has 1 fully saturated rings. The molecule has 2 aromatic carbocycles. The molecule has 0 bridgehead atoms. The minimum atomic E-state index is -0.845. The van der Waals surface area contributed by atoms with Crippen LogP contribution in [0.2, 0.25) is 0 Å². The van der Waals surface area contributed by atoms with Crippen molar-refractivity contribution in [2.75, 3.05) is 26.3 Å². The molecule has 8 nitrogen and oxygen atoms in total. The van der Waals surface area contributed by atoms with E-state index in [1.54, 1.807) is 31.2 Å². The predicted molar refractivity (Wildman–Crippen MR) is 116 cm³/mol. The van der Waals surface area contributed by atoms with Crippen LogP contribution in [0.5, 0.6) is 0 Å². The average Bonchev–Trinajstić information content (AvgIpc) is 2.85. The van der Waals surface area contributed by atoms with Gasteiger partial charge < -0.3 is 14.4 Å². The van der Waals surface area contributed by atoms with E-state index in [4.69, 9.17) is 9.47 Å². The molecule has 0 unspecified atom stereocenters. The lowest BCUT2D eigenvalue weighted by Gasteiger charge is -2.30. The first kappa shape index (κ1) is 22.4. The summed E-state index contributed by atoms with van der Waals surface area (Å²) in [5.74, 6) is -2.50. The fraction of sp³-hybridized carbons (Fsp3) is 0.320. The molecule has 0 N–H and O–H groups in total. The van der Waals surface area contributed by atoms with Crippen molar-refractivity contribution in [1.29, 1.82) is 0 Å². The first-order chi connectivity index (χ1) is 15.9. The number of likely N-dealkylation sites (tertiary alicyclic amines) is 1. The Morgan fingerprint density at radius 2 is 1.52 bits per heavy atom. The van der Waals surface area contributed by atoms with E-state index in [1.165, 1.54) is 23.1 Å². The van der Waals surface area contributed by atoms with E-state index < -0.39 is 18.4 Å². The number of piperidine rings is 1. The highest BCUT2D eigenvalue weighted by molar-refractivity contribution is 6.30. The summed E-state index contributed by atoms with van der Waals surface area (Å²) < 4.78 is 10.2. The number of rotatable bonds is 5. The van der Waals surface area contributed by atoms with Crippen LogP contribution < -0.4 is 0 Å². The lowest BCUT2D eigenvalue weighted by molar-refractivity contribution is -0.151. The van der Waals surface area contributed by atoms with Gasteiger partial charge in [0.25, 0.3) is 5.91 Å². The monoisotopic (exact) mass is 449 g/mol. The molecule has 1 heterocycles. The number of carbonyl (C=O) groups is 5. The van der Waals surface area contributed by atoms with Gasteiger partial charge in [-0.1, -0.05) is 36.4 Å². The number of amides is 1. The van der Waals surface area contributed by atoms with Crippen LogP contribution in [-0.2, 0) is 19.1 Å². The molecule has 0 saturated carbocycles. The van der Waals surface area contributed by atoms with Crippen molar-refractivity contribution in [2.45, 2.75) is 19.8 Å². The van der Waals surface area contributed by atoms with Crippen LogP contribution in [-0.4, -0.2) is 60.6 Å². The summed E-state index contributed by atoms with van der Waals surface area (Å²) in [6.45, 7) is 2.30. The second-order valence-corrected chi connectivity index (χ2v) is 7.92. The maximum Gasteiger partial charge on any atom is 0.339 e. The maximum atomic E-state index is 13.0. The standard InChI is InChI=1S/C25H23NO7/c1-2-32-24(30)15-10-12-26(13-11-15)20(27)14-33-25(31)19-9-5-8-18-21(19)23(29)17-7-4-3-6-16(17)22(18)28/h3-9,15H,2,10-14H2,1H3. The molecule has 1 saturated heterocycles. The zero-order valence-corrected chi connectivity index (χ0v) is 18.2. The van der Waals surface area contributed by atoms with Crippen LogP contribution in [0.15, 0.2) is 42.5 Å². The number of nitrogens with zero attached hydrogens (tertiary/aromatic N) is 1. The highest BCUT2D eigenvalue weighted by atomic mass is 16.5. The number of ether oxygens (including phenoxy) is 2. The first-order valence-electron chi connectivity index (χ1n) is 10.8. The smallest absolute Gasteiger partial charge is 0.339 e. The number of carbonyl (C=O) groups excluding carboxylic acids is 5. The highest BCUT2D eigenvalue weighted by Crippen LogP contribution is 2.30. The Kier molecular flexibility index (Phi) is 6.35. The maximum absolute atomic E-state index is 13.0. The van der Waals surface area contributed by atoms with Crippen molar-refractivity contribution in [3.63, 3.8) is 0 Å². The van der Waals surface area contributed by atoms with Crippen molar-refractivity contribution in [1.82, 2.24) is 4.90 Å². The van der Waals surface area contributed by atoms with E-state index in [0.717, 1.165) is 0 Å². The Hall–Kier alpha value is -3.81. The van der Waals surface area contributed by atoms with Gasteiger partial charge in [-0.15, -0.1) is 0 Å². The SMILES string of the molecule is CCOC(=O)C1CCN(C(=O)COC(=O)c2cccc3c2C(=O)c2ccccc2C3=O)CC1. The van der Waals surface area contributed by atoms with Crippen LogP contribution in [0, 0.1) is 5.92 Å². The molecule has 0 spiro atoms. The van der Waals surface area contributed by atoms with Crippen LogP contribution in [0.4, 0.5) is 0 Å². The number of hydrogen-bond donors (Lipinski definition) is 0. The summed E-state index contributed by atoms with van der Waals surface area (Å²) in [6, 6.07) is 10.9. The Morgan fingerprint density at radius 1 is 0.879 bits per heavy atom. The Morgan fingerprint density at radius 3 is 2.18 bits per heavy atom. The third-order valence-corrected chi connectivity index (χ3v) is 5.97. The van der Waals surface area contributed by atoms with Crippen molar-refractivity contribution >= 4 is 29.4 Å². The van der Waals surface area contributed by atoms with Crippen LogP contribution >= 0.6 is 0 Å². The van der Waals surface area contributed by atoms with E-state index in [2.05, 4.69) is 0 Å². The summed E-state index contributed by atoms with van der Waals surface area (Å²) >= 11 is 0. The van der Waals surface area contributed by atoms with Crippen LogP contribution in [0.1, 0.15) is 62.0 Å². The second-order valence-electron chi connectivity index (χ2n) is 7.92. The molecular formula is C25H23NO7. The molecule has 0 atom stereocenters. The Bertz CT molecular complexity index is 1150. The molecule has 1 aliphatic heterocycles. The summed E-state index contributed by atoms with van der Waals surface area (Å²) in [6.07, 6.45) is 0.974. The van der Waals surface area contributed by atoms with Gasteiger partial charge in [-0.3, -0.25) is 19.2 Å². The number of benzene rings is 2. The molecule has 4 rings (SSSR count). The lowest BCUT2D eigenvalue weighted by atomic mass is 9.82. The number of esters is 2. The summed E-state index contributed by atoms with van der Waals surface area (Å²) in [5.41, 5.74) is 0.612. The minimum absolute atomic E-state index is 0.00565. The molecular weight excluding hydrogens is 426 g/mol. The summed E-state index contributed by atoms with van der Waals surface area (Å²) in [7, 11) is 0. The molecule has 1 aliphatic carbocycles. The predicted octanol–water partition coefficient (Wildman–Crippen LogP) is 2.42. The van der Waals surface area contributed by atoms with E-state index in [1.807, 2.05) is 0 Å². The zero-order chi connectivity index (χ0) is 23.5. The average molecular weight is 449 g/mol. The van der Waals surface area contributed by atoms with Gasteiger partial charge >= 0.3 is 11.9 Å². The molecule has 170 valence electrons. The van der Waals surface area contributed by atoms with Gasteiger partial charge in [0.1, 0.15) is 0 Å². The number of ketones is 2. The quantitative estimate of drug-likeness (QED) is 0.551. The van der Waals surface area contributed by atoms with Gasteiger partial charge in [0.2, 0.25) is 0 Å². The topological polar surface area (TPSA) is 107 Å². The third kappa shape index (κ3) is 4.28. The summed E-state index contributed by atoms with van der Waals surface area (Å²) in [5, 5.41) is 0. The lowest BCUT2D eigenvalue weighted by Crippen LogP contribution is -2.42. The largest absolute Gasteiger partial charge is 0.466 e. The second kappa shape index (κ2) is 9.36. The molecule has 33 heavy (non-hydrogen) atoms.